The van der Waals surface area contributed by atoms with Crippen LogP contribution in [-0.4, -0.2) is 5.78 Å². The Labute approximate surface area is 96.2 Å². The van der Waals surface area contributed by atoms with Gasteiger partial charge in [-0.05, 0) is 34.9 Å². The number of hydrogen-bond acceptors (Lipinski definition) is 1. The van der Waals surface area contributed by atoms with Crippen molar-refractivity contribution in [2.45, 2.75) is 12.8 Å². The number of carbonyl (C=O) groups is 1. The lowest BCUT2D eigenvalue weighted by Gasteiger charge is -2.04. The first-order valence-corrected chi connectivity index (χ1v) is 5.79. The van der Waals surface area contributed by atoms with E-state index in [9.17, 15) is 4.79 Å². The molecule has 0 unspecified atom stereocenters. The molecule has 0 bridgehead atoms. The van der Waals surface area contributed by atoms with Crippen molar-refractivity contribution in [2.75, 3.05) is 0 Å². The zero-order valence-corrected chi connectivity index (χ0v) is 9.67. The Hall–Kier alpha value is -1.15. The third-order valence-corrected chi connectivity index (χ3v) is 3.49. The van der Waals surface area contributed by atoms with Gasteiger partial charge in [0.05, 0.1) is 0 Å². The average molecular weight is 261 g/mol. The summed E-state index contributed by atoms with van der Waals surface area (Å²) in [5.41, 5.74) is 2.14. The summed E-state index contributed by atoms with van der Waals surface area (Å²) in [6.45, 7) is 0. The number of carbonyl (C=O) groups excluding carboxylic acids is 1. The van der Waals surface area contributed by atoms with Gasteiger partial charge < -0.3 is 0 Å². The van der Waals surface area contributed by atoms with Crippen LogP contribution in [0.15, 0.2) is 34.8 Å². The maximum Gasteiger partial charge on any atom is 0.163 e. The first-order chi connectivity index (χ1) is 7.25. The highest BCUT2D eigenvalue weighted by molar-refractivity contribution is 9.10. The Morgan fingerprint density at radius 2 is 1.87 bits per heavy atom. The molecule has 1 nitrogen and oxygen atoms in total. The Balaban J connectivity index is 2.42. The van der Waals surface area contributed by atoms with E-state index < -0.39 is 0 Å². The van der Waals surface area contributed by atoms with Crippen molar-refractivity contribution in [2.24, 2.45) is 0 Å². The maximum atomic E-state index is 11.6. The standard InChI is InChI=1S/C13H9BrO/c14-9-3-1-8-2-4-11-10(12(8)7-9)5-6-13(11)15/h1-4,7H,5-6H2. The van der Waals surface area contributed by atoms with Crippen LogP contribution in [0.3, 0.4) is 0 Å². The number of Topliss-reactive ketones (excluding diaryl/α,β-unsaturated/α-hetero) is 1. The minimum Gasteiger partial charge on any atom is -0.294 e. The summed E-state index contributed by atoms with van der Waals surface area (Å²) in [6.07, 6.45) is 1.56. The van der Waals surface area contributed by atoms with Crippen LogP contribution in [0.5, 0.6) is 0 Å². The first kappa shape index (κ1) is 9.10. The molecular weight excluding hydrogens is 252 g/mol. The molecule has 15 heavy (non-hydrogen) atoms. The summed E-state index contributed by atoms with van der Waals surface area (Å²) >= 11 is 3.47. The zero-order valence-electron chi connectivity index (χ0n) is 8.09. The van der Waals surface area contributed by atoms with Gasteiger partial charge in [-0.15, -0.1) is 0 Å². The van der Waals surface area contributed by atoms with Gasteiger partial charge in [-0.3, -0.25) is 4.79 Å². The van der Waals surface area contributed by atoms with Crippen molar-refractivity contribution in [3.8, 4) is 0 Å². The topological polar surface area (TPSA) is 17.1 Å². The summed E-state index contributed by atoms with van der Waals surface area (Å²) < 4.78 is 1.07. The Bertz CT molecular complexity index is 572. The third-order valence-electron chi connectivity index (χ3n) is 3.00. The highest BCUT2D eigenvalue weighted by Gasteiger charge is 2.20. The molecule has 0 spiro atoms. The number of fused-ring (bicyclic) bond motifs is 3. The van der Waals surface area contributed by atoms with Crippen molar-refractivity contribution in [1.82, 2.24) is 0 Å². The normalized spacial score (nSPS) is 14.6. The van der Waals surface area contributed by atoms with E-state index in [1.165, 1.54) is 16.3 Å². The minimum atomic E-state index is 0.284. The molecule has 0 aliphatic heterocycles. The molecule has 2 aromatic carbocycles. The average Bonchev–Trinajstić information content (AvgIpc) is 2.61. The quantitative estimate of drug-likeness (QED) is 0.706. The van der Waals surface area contributed by atoms with Gasteiger partial charge in [0.15, 0.2) is 5.78 Å². The summed E-state index contributed by atoms with van der Waals surface area (Å²) in [5, 5.41) is 2.43. The van der Waals surface area contributed by atoms with E-state index in [1.54, 1.807) is 0 Å². The van der Waals surface area contributed by atoms with E-state index in [4.69, 9.17) is 0 Å². The van der Waals surface area contributed by atoms with Gasteiger partial charge in [-0.1, -0.05) is 34.1 Å². The van der Waals surface area contributed by atoms with Crippen LogP contribution in [0.2, 0.25) is 0 Å². The molecule has 1 aliphatic rings. The highest BCUT2D eigenvalue weighted by atomic mass is 79.9. The van der Waals surface area contributed by atoms with Crippen LogP contribution < -0.4 is 0 Å². The molecule has 0 radical (unpaired) electrons. The lowest BCUT2D eigenvalue weighted by atomic mass is 10.0. The summed E-state index contributed by atoms with van der Waals surface area (Å²) in [4.78, 5) is 11.6. The zero-order chi connectivity index (χ0) is 10.4. The number of ketones is 1. The predicted octanol–water partition coefficient (Wildman–Crippen LogP) is 3.73. The first-order valence-electron chi connectivity index (χ1n) is 5.00. The molecule has 0 aromatic heterocycles. The molecule has 0 saturated carbocycles. The summed E-state index contributed by atoms with van der Waals surface area (Å²) in [6, 6.07) is 10.2. The Kier molecular flexibility index (Phi) is 1.93. The predicted molar refractivity (Wildman–Crippen MR) is 64.3 cm³/mol. The molecule has 0 N–H and O–H groups in total. The van der Waals surface area contributed by atoms with Crippen LogP contribution in [0, 0.1) is 0 Å². The number of rotatable bonds is 0. The molecule has 1 aliphatic carbocycles. The van der Waals surface area contributed by atoms with Crippen LogP contribution >= 0.6 is 15.9 Å². The number of halogens is 1. The highest BCUT2D eigenvalue weighted by Crippen LogP contribution is 2.31. The number of benzene rings is 2. The van der Waals surface area contributed by atoms with E-state index in [0.717, 1.165) is 16.5 Å². The van der Waals surface area contributed by atoms with Gasteiger partial charge in [0.25, 0.3) is 0 Å². The fraction of sp³-hybridized carbons (Fsp3) is 0.154. The summed E-state index contributed by atoms with van der Waals surface area (Å²) in [5.74, 6) is 0.284. The van der Waals surface area contributed by atoms with Crippen molar-refractivity contribution >= 4 is 32.5 Å². The smallest absolute Gasteiger partial charge is 0.163 e. The fourth-order valence-corrected chi connectivity index (χ4v) is 2.62. The summed E-state index contributed by atoms with van der Waals surface area (Å²) in [7, 11) is 0. The van der Waals surface area contributed by atoms with Gasteiger partial charge in [0.1, 0.15) is 0 Å². The van der Waals surface area contributed by atoms with E-state index in [0.29, 0.717) is 6.42 Å². The van der Waals surface area contributed by atoms with Crippen LogP contribution in [0.4, 0.5) is 0 Å². The van der Waals surface area contributed by atoms with Crippen molar-refractivity contribution < 1.29 is 4.79 Å². The number of aryl methyl sites for hydroxylation is 1. The van der Waals surface area contributed by atoms with E-state index in [2.05, 4.69) is 28.1 Å². The second kappa shape index (κ2) is 3.17. The second-order valence-corrected chi connectivity index (χ2v) is 4.80. The van der Waals surface area contributed by atoms with E-state index in [-0.39, 0.29) is 5.78 Å². The van der Waals surface area contributed by atoms with Crippen molar-refractivity contribution in [1.29, 1.82) is 0 Å². The molecule has 74 valence electrons. The lowest BCUT2D eigenvalue weighted by Crippen LogP contribution is -1.90. The molecule has 0 saturated heterocycles. The van der Waals surface area contributed by atoms with Crippen LogP contribution in [-0.2, 0) is 6.42 Å². The van der Waals surface area contributed by atoms with E-state index in [1.807, 2.05) is 18.2 Å². The molecule has 0 amide bonds. The van der Waals surface area contributed by atoms with Gasteiger partial charge in [0, 0.05) is 16.5 Å². The Morgan fingerprint density at radius 1 is 1.07 bits per heavy atom. The maximum absolute atomic E-state index is 11.6. The fourth-order valence-electron chi connectivity index (χ4n) is 2.26. The molecule has 0 fully saturated rings. The molecule has 2 heteroatoms. The van der Waals surface area contributed by atoms with Gasteiger partial charge in [0.2, 0.25) is 0 Å². The van der Waals surface area contributed by atoms with Crippen molar-refractivity contribution in [3.05, 3.63) is 45.9 Å². The lowest BCUT2D eigenvalue weighted by molar-refractivity contribution is 0.0994. The largest absolute Gasteiger partial charge is 0.294 e. The third kappa shape index (κ3) is 1.32. The molecular formula is C13H9BrO. The minimum absolute atomic E-state index is 0.284. The van der Waals surface area contributed by atoms with Gasteiger partial charge >= 0.3 is 0 Å². The molecule has 0 atom stereocenters. The molecule has 2 aromatic rings. The molecule has 3 rings (SSSR count). The second-order valence-electron chi connectivity index (χ2n) is 3.88. The Morgan fingerprint density at radius 3 is 2.73 bits per heavy atom. The van der Waals surface area contributed by atoms with E-state index >= 15 is 0 Å². The number of hydrogen-bond donors (Lipinski definition) is 0. The van der Waals surface area contributed by atoms with Crippen molar-refractivity contribution in [3.63, 3.8) is 0 Å². The van der Waals surface area contributed by atoms with Crippen LogP contribution in [0.25, 0.3) is 10.8 Å². The van der Waals surface area contributed by atoms with Crippen LogP contribution in [0.1, 0.15) is 22.3 Å². The molecule has 0 heterocycles. The van der Waals surface area contributed by atoms with Gasteiger partial charge in [-0.2, -0.15) is 0 Å². The SMILES string of the molecule is O=C1CCc2c1ccc1ccc(Br)cc21. The monoisotopic (exact) mass is 260 g/mol. The van der Waals surface area contributed by atoms with Gasteiger partial charge in [-0.25, -0.2) is 0 Å².